The molecule has 0 aromatic carbocycles. The molecule has 0 saturated heterocycles. The number of unbranched alkanes of at least 4 members (excludes halogenated alkanes) is 1. The number of aromatic nitrogens is 1. The lowest BCUT2D eigenvalue weighted by atomic mass is 10.2. The van der Waals surface area contributed by atoms with Gasteiger partial charge in [-0.25, -0.2) is 0 Å². The molecular weight excluding hydrogens is 254 g/mol. The van der Waals surface area contributed by atoms with Gasteiger partial charge < -0.3 is 10.2 Å². The van der Waals surface area contributed by atoms with Gasteiger partial charge in [-0.05, 0) is 18.6 Å². The smallest absolute Gasteiger partial charge is 0.272 e. The summed E-state index contributed by atoms with van der Waals surface area (Å²) in [7, 11) is 1.74. The Kier molecular flexibility index (Phi) is 6.43. The second kappa shape index (κ2) is 8.09. The Hall–Kier alpha value is -2.17. The number of pyridine rings is 1. The van der Waals surface area contributed by atoms with E-state index in [1.54, 1.807) is 24.1 Å². The summed E-state index contributed by atoms with van der Waals surface area (Å²) in [5.74, 6) is -0.408. The molecule has 5 heteroatoms. The maximum Gasteiger partial charge on any atom is 0.272 e. The molecule has 0 bridgehead atoms. The summed E-state index contributed by atoms with van der Waals surface area (Å²) in [5, 5.41) is 2.67. The molecule has 1 aromatic rings. The van der Waals surface area contributed by atoms with Crippen molar-refractivity contribution in [2.45, 2.75) is 19.8 Å². The first kappa shape index (κ1) is 15.9. The minimum absolute atomic E-state index is 0.170. The largest absolute Gasteiger partial charge is 0.349 e. The third-order valence-corrected chi connectivity index (χ3v) is 2.84. The molecule has 1 rings (SSSR count). The van der Waals surface area contributed by atoms with Gasteiger partial charge in [0.25, 0.3) is 11.8 Å². The summed E-state index contributed by atoms with van der Waals surface area (Å²) in [6.45, 7) is 6.68. The summed E-state index contributed by atoms with van der Waals surface area (Å²) < 4.78 is 0. The molecular formula is C15H21N3O2. The monoisotopic (exact) mass is 275 g/mol. The van der Waals surface area contributed by atoms with Gasteiger partial charge in [-0.2, -0.15) is 0 Å². The van der Waals surface area contributed by atoms with Gasteiger partial charge in [0, 0.05) is 31.9 Å². The van der Waals surface area contributed by atoms with Crippen LogP contribution in [0.4, 0.5) is 0 Å². The van der Waals surface area contributed by atoms with Crippen molar-refractivity contribution in [2.75, 3.05) is 20.1 Å². The van der Waals surface area contributed by atoms with E-state index in [9.17, 15) is 9.59 Å². The van der Waals surface area contributed by atoms with E-state index in [4.69, 9.17) is 0 Å². The van der Waals surface area contributed by atoms with Crippen LogP contribution in [0.25, 0.3) is 0 Å². The Balaban J connectivity index is 2.79. The van der Waals surface area contributed by atoms with Crippen LogP contribution in [0, 0.1) is 0 Å². The molecule has 5 nitrogen and oxygen atoms in total. The Morgan fingerprint density at radius 3 is 2.90 bits per heavy atom. The lowest BCUT2D eigenvalue weighted by Gasteiger charge is -2.16. The molecule has 0 saturated carbocycles. The van der Waals surface area contributed by atoms with E-state index >= 15 is 0 Å². The highest BCUT2D eigenvalue weighted by molar-refractivity contribution is 5.98. The molecule has 0 atom stereocenters. The number of hydrogen-bond acceptors (Lipinski definition) is 3. The molecule has 0 aliphatic carbocycles. The van der Waals surface area contributed by atoms with Crippen molar-refractivity contribution in [1.82, 2.24) is 15.2 Å². The maximum absolute atomic E-state index is 12.2. The van der Waals surface area contributed by atoms with E-state index in [0.29, 0.717) is 18.7 Å². The molecule has 1 N–H and O–H groups in total. The Bertz CT molecular complexity index is 486. The van der Waals surface area contributed by atoms with Gasteiger partial charge in [-0.1, -0.05) is 19.4 Å². The third kappa shape index (κ3) is 4.50. The molecule has 0 radical (unpaired) electrons. The van der Waals surface area contributed by atoms with Crippen LogP contribution in [0.5, 0.6) is 0 Å². The van der Waals surface area contributed by atoms with Crippen LogP contribution in [0.1, 0.15) is 40.6 Å². The van der Waals surface area contributed by atoms with Gasteiger partial charge in [0.15, 0.2) is 0 Å². The van der Waals surface area contributed by atoms with Gasteiger partial charge in [0.05, 0.1) is 0 Å². The van der Waals surface area contributed by atoms with Crippen molar-refractivity contribution in [2.24, 2.45) is 0 Å². The minimum atomic E-state index is -0.238. The van der Waals surface area contributed by atoms with E-state index in [1.165, 1.54) is 12.3 Å². The number of nitrogens with zero attached hydrogens (tertiary/aromatic N) is 2. The molecule has 20 heavy (non-hydrogen) atoms. The first-order valence-electron chi connectivity index (χ1n) is 6.70. The van der Waals surface area contributed by atoms with Gasteiger partial charge >= 0.3 is 0 Å². The second-order valence-electron chi connectivity index (χ2n) is 4.51. The topological polar surface area (TPSA) is 62.3 Å². The predicted molar refractivity (Wildman–Crippen MR) is 78.6 cm³/mol. The van der Waals surface area contributed by atoms with Crippen molar-refractivity contribution in [3.05, 3.63) is 42.2 Å². The maximum atomic E-state index is 12.2. The fraction of sp³-hybridized carbons (Fsp3) is 0.400. The zero-order valence-electron chi connectivity index (χ0n) is 12.1. The summed E-state index contributed by atoms with van der Waals surface area (Å²) >= 11 is 0. The first-order valence-corrected chi connectivity index (χ1v) is 6.70. The van der Waals surface area contributed by atoms with Gasteiger partial charge in [0.1, 0.15) is 5.69 Å². The summed E-state index contributed by atoms with van der Waals surface area (Å²) in [6.07, 6.45) is 5.05. The van der Waals surface area contributed by atoms with Crippen LogP contribution in [0.3, 0.4) is 0 Å². The summed E-state index contributed by atoms with van der Waals surface area (Å²) in [6, 6.07) is 3.10. The van der Waals surface area contributed by atoms with Crippen LogP contribution in [0.2, 0.25) is 0 Å². The van der Waals surface area contributed by atoms with Crippen LogP contribution < -0.4 is 5.32 Å². The van der Waals surface area contributed by atoms with Crippen molar-refractivity contribution in [3.63, 3.8) is 0 Å². The number of nitrogens with one attached hydrogen (secondary N) is 1. The van der Waals surface area contributed by atoms with E-state index in [-0.39, 0.29) is 17.5 Å². The fourth-order valence-electron chi connectivity index (χ4n) is 1.65. The molecule has 0 spiro atoms. The van der Waals surface area contributed by atoms with Crippen molar-refractivity contribution >= 4 is 11.8 Å². The zero-order chi connectivity index (χ0) is 15.0. The molecule has 1 aromatic heterocycles. The molecule has 108 valence electrons. The fourth-order valence-corrected chi connectivity index (χ4v) is 1.65. The molecule has 0 aliphatic heterocycles. The average molecular weight is 275 g/mol. The van der Waals surface area contributed by atoms with Crippen LogP contribution >= 0.6 is 0 Å². The molecule has 0 aliphatic rings. The van der Waals surface area contributed by atoms with Gasteiger partial charge in [-0.3, -0.25) is 14.6 Å². The molecule has 0 fully saturated rings. The minimum Gasteiger partial charge on any atom is -0.349 e. The quantitative estimate of drug-likeness (QED) is 0.773. The number of carbonyl (C=O) groups excluding carboxylic acids is 2. The van der Waals surface area contributed by atoms with E-state index in [0.717, 1.165) is 12.8 Å². The van der Waals surface area contributed by atoms with Gasteiger partial charge in [-0.15, -0.1) is 6.58 Å². The van der Waals surface area contributed by atoms with Crippen LogP contribution in [-0.4, -0.2) is 41.8 Å². The first-order chi connectivity index (χ1) is 9.60. The number of rotatable bonds is 7. The highest BCUT2D eigenvalue weighted by Crippen LogP contribution is 2.06. The highest BCUT2D eigenvalue weighted by atomic mass is 16.2. The lowest BCUT2D eigenvalue weighted by molar-refractivity contribution is 0.0787. The van der Waals surface area contributed by atoms with Crippen molar-refractivity contribution in [3.8, 4) is 0 Å². The molecule has 1 heterocycles. The normalized spacial score (nSPS) is 9.90. The van der Waals surface area contributed by atoms with E-state index in [2.05, 4.69) is 23.8 Å². The summed E-state index contributed by atoms with van der Waals surface area (Å²) in [5.41, 5.74) is 0.712. The number of carbonyl (C=O) groups is 2. The van der Waals surface area contributed by atoms with Crippen LogP contribution in [0.15, 0.2) is 31.0 Å². The Labute approximate surface area is 119 Å². The van der Waals surface area contributed by atoms with Crippen molar-refractivity contribution < 1.29 is 9.59 Å². The van der Waals surface area contributed by atoms with Crippen LogP contribution in [-0.2, 0) is 0 Å². The number of hydrogen-bond donors (Lipinski definition) is 1. The van der Waals surface area contributed by atoms with Crippen molar-refractivity contribution in [1.29, 1.82) is 0 Å². The van der Waals surface area contributed by atoms with E-state index < -0.39 is 0 Å². The van der Waals surface area contributed by atoms with E-state index in [1.807, 2.05) is 0 Å². The zero-order valence-corrected chi connectivity index (χ0v) is 12.1. The van der Waals surface area contributed by atoms with Gasteiger partial charge in [0.2, 0.25) is 0 Å². The second-order valence-corrected chi connectivity index (χ2v) is 4.51. The standard InChI is InChI=1S/C15H21N3O2/c1-4-6-10-18(3)15(20)13-11-12(7-9-16-13)14(19)17-8-5-2/h5,7,9,11H,2,4,6,8,10H2,1,3H3,(H,17,19). The predicted octanol–water partition coefficient (Wildman–Crippen LogP) is 1.87. The third-order valence-electron chi connectivity index (χ3n) is 2.84. The average Bonchev–Trinajstić information content (AvgIpc) is 2.49. The molecule has 0 unspecified atom stereocenters. The highest BCUT2D eigenvalue weighted by Gasteiger charge is 2.14. The Morgan fingerprint density at radius 1 is 1.50 bits per heavy atom. The number of amides is 2. The summed E-state index contributed by atoms with van der Waals surface area (Å²) in [4.78, 5) is 29.6. The lowest BCUT2D eigenvalue weighted by Crippen LogP contribution is -2.29. The molecule has 2 amide bonds. The Morgan fingerprint density at radius 2 is 2.25 bits per heavy atom. The SMILES string of the molecule is C=CCNC(=O)c1ccnc(C(=O)N(C)CCCC)c1.